The van der Waals surface area contributed by atoms with Gasteiger partial charge < -0.3 is 14.9 Å². The molecule has 0 unspecified atom stereocenters. The molecule has 0 aliphatic rings. The maximum absolute atomic E-state index is 10.5. The van der Waals surface area contributed by atoms with E-state index >= 15 is 0 Å². The molecule has 3 N–H and O–H groups in total. The number of rotatable bonds is 4. The number of aromatic hydroxyl groups is 2. The SMILES string of the molecule is COc1ccc(-c2c(-c3cc(-c4ccccc4)c(O)cc3O)n[nH]c2C)cc1. The van der Waals surface area contributed by atoms with Gasteiger partial charge in [-0.15, -0.1) is 0 Å². The molecule has 5 nitrogen and oxygen atoms in total. The molecule has 0 radical (unpaired) electrons. The van der Waals surface area contributed by atoms with E-state index in [9.17, 15) is 10.2 Å². The van der Waals surface area contributed by atoms with Gasteiger partial charge in [-0.1, -0.05) is 42.5 Å². The number of hydrogen-bond acceptors (Lipinski definition) is 4. The van der Waals surface area contributed by atoms with Gasteiger partial charge in [0.15, 0.2) is 0 Å². The quantitative estimate of drug-likeness (QED) is 0.463. The van der Waals surface area contributed by atoms with Gasteiger partial charge in [0.25, 0.3) is 0 Å². The molecule has 0 aliphatic carbocycles. The summed E-state index contributed by atoms with van der Waals surface area (Å²) in [6.45, 7) is 1.94. The Hall–Kier alpha value is -3.73. The Balaban J connectivity index is 1.88. The second kappa shape index (κ2) is 7.12. The van der Waals surface area contributed by atoms with Crippen molar-refractivity contribution >= 4 is 0 Å². The fourth-order valence-corrected chi connectivity index (χ4v) is 3.35. The molecule has 0 saturated heterocycles. The number of aromatic nitrogens is 2. The number of hydrogen-bond donors (Lipinski definition) is 3. The summed E-state index contributed by atoms with van der Waals surface area (Å²) in [6.07, 6.45) is 0. The number of ether oxygens (including phenoxy) is 1. The molecular formula is C23H20N2O3. The number of methoxy groups -OCH3 is 1. The van der Waals surface area contributed by atoms with E-state index in [1.165, 1.54) is 6.07 Å². The van der Waals surface area contributed by atoms with Gasteiger partial charge in [-0.3, -0.25) is 5.10 Å². The van der Waals surface area contributed by atoms with Gasteiger partial charge in [0.1, 0.15) is 22.9 Å². The third kappa shape index (κ3) is 3.07. The van der Waals surface area contributed by atoms with Gasteiger partial charge in [0.05, 0.1) is 7.11 Å². The molecule has 4 rings (SSSR count). The van der Waals surface area contributed by atoms with Crippen molar-refractivity contribution in [3.8, 4) is 50.8 Å². The van der Waals surface area contributed by atoms with Crippen LogP contribution in [0.5, 0.6) is 17.2 Å². The number of aryl methyl sites for hydroxylation is 1. The molecule has 140 valence electrons. The minimum absolute atomic E-state index is 0.0192. The molecule has 0 amide bonds. The van der Waals surface area contributed by atoms with E-state index in [1.54, 1.807) is 13.2 Å². The van der Waals surface area contributed by atoms with E-state index in [-0.39, 0.29) is 11.5 Å². The highest BCUT2D eigenvalue weighted by atomic mass is 16.5. The van der Waals surface area contributed by atoms with Crippen LogP contribution in [0.25, 0.3) is 33.5 Å². The summed E-state index contributed by atoms with van der Waals surface area (Å²) in [6, 6.07) is 20.4. The standard InChI is InChI=1S/C23H20N2O3/c1-14-22(16-8-10-17(28-2)11-9-16)23(25-24-14)19-12-18(20(26)13-21(19)27)15-6-4-3-5-7-15/h3-13,26-27H,1-2H3,(H,24,25). The molecule has 5 heteroatoms. The Morgan fingerprint density at radius 2 is 1.50 bits per heavy atom. The predicted octanol–water partition coefficient (Wildman–Crippen LogP) is 5.14. The first kappa shape index (κ1) is 17.7. The van der Waals surface area contributed by atoms with Crippen LogP contribution in [-0.4, -0.2) is 27.5 Å². The molecule has 0 saturated carbocycles. The van der Waals surface area contributed by atoms with E-state index in [0.717, 1.165) is 28.1 Å². The zero-order valence-corrected chi connectivity index (χ0v) is 15.6. The number of nitrogens with one attached hydrogen (secondary N) is 1. The van der Waals surface area contributed by atoms with Crippen LogP contribution >= 0.6 is 0 Å². The van der Waals surface area contributed by atoms with Gasteiger partial charge in [-0.25, -0.2) is 0 Å². The van der Waals surface area contributed by atoms with E-state index in [1.807, 2.05) is 61.5 Å². The van der Waals surface area contributed by atoms with Crippen molar-refractivity contribution in [3.63, 3.8) is 0 Å². The van der Waals surface area contributed by atoms with Crippen molar-refractivity contribution in [2.24, 2.45) is 0 Å². The third-order valence-corrected chi connectivity index (χ3v) is 4.78. The maximum Gasteiger partial charge on any atom is 0.128 e. The first-order chi connectivity index (χ1) is 13.6. The number of aromatic amines is 1. The molecule has 4 aromatic rings. The monoisotopic (exact) mass is 372 g/mol. The topological polar surface area (TPSA) is 78.4 Å². The van der Waals surface area contributed by atoms with E-state index in [2.05, 4.69) is 10.2 Å². The predicted molar refractivity (Wildman–Crippen MR) is 110 cm³/mol. The highest BCUT2D eigenvalue weighted by Crippen LogP contribution is 2.43. The van der Waals surface area contributed by atoms with Crippen LogP contribution in [0.4, 0.5) is 0 Å². The Bertz CT molecular complexity index is 1120. The van der Waals surface area contributed by atoms with Crippen molar-refractivity contribution < 1.29 is 14.9 Å². The van der Waals surface area contributed by atoms with Crippen molar-refractivity contribution in [2.75, 3.05) is 7.11 Å². The lowest BCUT2D eigenvalue weighted by atomic mass is 9.95. The van der Waals surface area contributed by atoms with E-state index in [4.69, 9.17) is 4.74 Å². The Labute approximate surface area is 162 Å². The van der Waals surface area contributed by atoms with Crippen molar-refractivity contribution in [1.82, 2.24) is 10.2 Å². The molecule has 1 aromatic heterocycles. The lowest BCUT2D eigenvalue weighted by Gasteiger charge is -2.11. The number of phenols is 2. The number of phenolic OH excluding ortho intramolecular Hbond substituents is 2. The van der Waals surface area contributed by atoms with Gasteiger partial charge in [-0.2, -0.15) is 5.10 Å². The smallest absolute Gasteiger partial charge is 0.128 e. The summed E-state index contributed by atoms with van der Waals surface area (Å²) >= 11 is 0. The molecular weight excluding hydrogens is 352 g/mol. The highest BCUT2D eigenvalue weighted by Gasteiger charge is 2.19. The van der Waals surface area contributed by atoms with Crippen LogP contribution in [0.3, 0.4) is 0 Å². The Morgan fingerprint density at radius 1 is 0.821 bits per heavy atom. The van der Waals surface area contributed by atoms with Crippen LogP contribution < -0.4 is 4.74 Å². The molecule has 0 atom stereocenters. The highest BCUT2D eigenvalue weighted by molar-refractivity contribution is 5.88. The molecule has 1 heterocycles. The average molecular weight is 372 g/mol. The summed E-state index contributed by atoms with van der Waals surface area (Å²) in [4.78, 5) is 0. The first-order valence-corrected chi connectivity index (χ1v) is 8.89. The molecule has 28 heavy (non-hydrogen) atoms. The molecule has 0 fully saturated rings. The fraction of sp³-hybridized carbons (Fsp3) is 0.0870. The summed E-state index contributed by atoms with van der Waals surface area (Å²) in [5.74, 6) is 0.759. The average Bonchev–Trinajstić information content (AvgIpc) is 3.10. The summed E-state index contributed by atoms with van der Waals surface area (Å²) < 4.78 is 5.24. The lowest BCUT2D eigenvalue weighted by molar-refractivity contribution is 0.415. The zero-order chi connectivity index (χ0) is 19.7. The molecule has 0 aliphatic heterocycles. The van der Waals surface area contributed by atoms with Crippen LogP contribution in [-0.2, 0) is 0 Å². The van der Waals surface area contributed by atoms with Crippen LogP contribution in [0, 0.1) is 6.92 Å². The second-order valence-electron chi connectivity index (χ2n) is 6.55. The summed E-state index contributed by atoms with van der Waals surface area (Å²) in [5, 5.41) is 28.3. The Morgan fingerprint density at radius 3 is 2.18 bits per heavy atom. The lowest BCUT2D eigenvalue weighted by Crippen LogP contribution is -1.88. The van der Waals surface area contributed by atoms with Crippen molar-refractivity contribution in [1.29, 1.82) is 0 Å². The van der Waals surface area contributed by atoms with E-state index < -0.39 is 0 Å². The third-order valence-electron chi connectivity index (χ3n) is 4.78. The van der Waals surface area contributed by atoms with Crippen LogP contribution in [0.15, 0.2) is 66.7 Å². The second-order valence-corrected chi connectivity index (χ2v) is 6.55. The van der Waals surface area contributed by atoms with Crippen LogP contribution in [0.2, 0.25) is 0 Å². The van der Waals surface area contributed by atoms with Gasteiger partial charge in [0.2, 0.25) is 0 Å². The van der Waals surface area contributed by atoms with Gasteiger partial charge >= 0.3 is 0 Å². The minimum atomic E-state index is -0.0292. The fourth-order valence-electron chi connectivity index (χ4n) is 3.35. The largest absolute Gasteiger partial charge is 0.507 e. The number of H-pyrrole nitrogens is 1. The molecule has 0 spiro atoms. The van der Waals surface area contributed by atoms with E-state index in [0.29, 0.717) is 16.8 Å². The summed E-state index contributed by atoms with van der Waals surface area (Å²) in [7, 11) is 1.63. The Kier molecular flexibility index (Phi) is 4.49. The maximum atomic E-state index is 10.5. The van der Waals surface area contributed by atoms with Crippen molar-refractivity contribution in [2.45, 2.75) is 6.92 Å². The number of nitrogens with zero attached hydrogens (tertiary/aromatic N) is 1. The normalized spacial score (nSPS) is 10.8. The van der Waals surface area contributed by atoms with Crippen molar-refractivity contribution in [3.05, 3.63) is 72.4 Å². The minimum Gasteiger partial charge on any atom is -0.507 e. The van der Waals surface area contributed by atoms with Gasteiger partial charge in [-0.05, 0) is 36.2 Å². The summed E-state index contributed by atoms with van der Waals surface area (Å²) in [5.41, 5.74) is 5.39. The number of benzene rings is 3. The van der Waals surface area contributed by atoms with Gasteiger partial charge in [0, 0.05) is 28.5 Å². The molecule has 3 aromatic carbocycles. The molecule has 0 bridgehead atoms. The first-order valence-electron chi connectivity index (χ1n) is 8.89. The van der Waals surface area contributed by atoms with Crippen LogP contribution in [0.1, 0.15) is 5.69 Å². The zero-order valence-electron chi connectivity index (χ0n) is 15.6.